The normalized spacial score (nSPS) is 18.2. The number of anilines is 3. The zero-order chi connectivity index (χ0) is 28.7. The van der Waals surface area contributed by atoms with Crippen molar-refractivity contribution in [1.29, 1.82) is 0 Å². The molecule has 210 valence electrons. The molecule has 3 amide bonds. The van der Waals surface area contributed by atoms with E-state index in [1.807, 2.05) is 0 Å². The molecule has 1 saturated carbocycles. The molecule has 2 aromatic rings. The van der Waals surface area contributed by atoms with Crippen LogP contribution in [0.2, 0.25) is 10.0 Å². The second-order valence-electron chi connectivity index (χ2n) is 8.69. The molecule has 1 aliphatic heterocycles. The topological polar surface area (TPSA) is 146 Å². The van der Waals surface area contributed by atoms with E-state index in [0.717, 1.165) is 25.7 Å². The minimum absolute atomic E-state index is 0.0383. The number of hydrogen-bond acceptors (Lipinski definition) is 8. The molecule has 2 heterocycles. The van der Waals surface area contributed by atoms with Crippen molar-refractivity contribution in [3.63, 3.8) is 0 Å². The first-order chi connectivity index (χ1) is 18.7. The van der Waals surface area contributed by atoms with Gasteiger partial charge in [-0.1, -0.05) is 42.6 Å². The summed E-state index contributed by atoms with van der Waals surface area (Å²) in [6, 6.07) is 1.09. The van der Waals surface area contributed by atoms with Gasteiger partial charge in [0.2, 0.25) is 11.9 Å². The third kappa shape index (κ3) is 6.45. The molecule has 1 aromatic carbocycles. The molecule has 1 aliphatic carbocycles. The lowest BCUT2D eigenvalue weighted by molar-refractivity contribution is -0.123. The van der Waals surface area contributed by atoms with Crippen molar-refractivity contribution in [2.75, 3.05) is 36.4 Å². The Kier molecular flexibility index (Phi) is 10.2. The highest BCUT2D eigenvalue weighted by Crippen LogP contribution is 2.47. The number of nitrogens with zero attached hydrogens (tertiary/aromatic N) is 4. The van der Waals surface area contributed by atoms with Crippen molar-refractivity contribution >= 4 is 59.1 Å². The largest absolute Gasteiger partial charge is 0.495 e. The summed E-state index contributed by atoms with van der Waals surface area (Å²) in [7, 11) is 4.57. The predicted octanol–water partition coefficient (Wildman–Crippen LogP) is 4.10. The molecule has 2 unspecified atom stereocenters. The highest BCUT2D eigenvalue weighted by molar-refractivity contribution is 6.42. The number of halogens is 2. The number of rotatable bonds is 7. The number of methoxy groups -OCH3 is 2. The Morgan fingerprint density at radius 2 is 1.77 bits per heavy atom. The van der Waals surface area contributed by atoms with Crippen LogP contribution in [-0.2, 0) is 16.1 Å². The van der Waals surface area contributed by atoms with Crippen molar-refractivity contribution in [1.82, 2.24) is 15.3 Å². The molecule has 0 spiro atoms. The van der Waals surface area contributed by atoms with Gasteiger partial charge in [0.05, 0.1) is 26.5 Å². The third-order valence-corrected chi connectivity index (χ3v) is 7.15. The van der Waals surface area contributed by atoms with Crippen LogP contribution in [0.1, 0.15) is 31.2 Å². The summed E-state index contributed by atoms with van der Waals surface area (Å²) in [4.78, 5) is 45.6. The number of nitrogens with one attached hydrogen (secondary N) is 2. The number of amides is 3. The Labute approximate surface area is 235 Å². The average molecular weight is 581 g/mol. The molecule has 12 nitrogen and oxygen atoms in total. The zero-order valence-corrected chi connectivity index (χ0v) is 23.3. The molecule has 39 heavy (non-hydrogen) atoms. The van der Waals surface area contributed by atoms with Gasteiger partial charge in [-0.2, -0.15) is 4.98 Å². The zero-order valence-electron chi connectivity index (χ0n) is 21.7. The number of ether oxygens (including phenoxy) is 2. The van der Waals surface area contributed by atoms with E-state index in [4.69, 9.17) is 42.6 Å². The van der Waals surface area contributed by atoms with Gasteiger partial charge in [0.15, 0.2) is 0 Å². The minimum Gasteiger partial charge on any atom is -0.495 e. The molecule has 0 bridgehead atoms. The maximum atomic E-state index is 13.4. The first-order valence-electron chi connectivity index (χ1n) is 12.0. The van der Waals surface area contributed by atoms with Gasteiger partial charge in [0.1, 0.15) is 27.4 Å². The molecule has 14 heteroatoms. The third-order valence-electron chi connectivity index (χ3n) is 6.42. The summed E-state index contributed by atoms with van der Waals surface area (Å²) >= 11 is 13.1. The standard InChI is InChI=1S/C24H28Cl2N6O4.CH2O2/c1-5-18(33)28-14-8-6-7-9-15(14)29-23-27-11-13-12-32(24(34)31(2)22(13)30-23)21-19(25)16(35-3)10-17(36-4)20(21)26;2-1-3/h5,10-11,14-15H,1,6-9,12H2,2-4H3,(H,28,33)(H,27,29,30);1H,(H,2,3). The van der Waals surface area contributed by atoms with Crippen LogP contribution in [0.4, 0.5) is 22.2 Å². The number of fused-ring (bicyclic) bond motifs is 1. The summed E-state index contributed by atoms with van der Waals surface area (Å²) in [6.07, 6.45) is 6.70. The summed E-state index contributed by atoms with van der Waals surface area (Å²) < 4.78 is 10.7. The van der Waals surface area contributed by atoms with Crippen molar-refractivity contribution in [3.05, 3.63) is 40.5 Å². The van der Waals surface area contributed by atoms with E-state index in [-0.39, 0.29) is 52.8 Å². The van der Waals surface area contributed by atoms with Gasteiger partial charge >= 0.3 is 6.03 Å². The first kappa shape index (κ1) is 29.8. The Hall–Kier alpha value is -3.77. The van der Waals surface area contributed by atoms with Crippen LogP contribution in [-0.4, -0.2) is 66.8 Å². The van der Waals surface area contributed by atoms with Crippen LogP contribution in [0.3, 0.4) is 0 Å². The van der Waals surface area contributed by atoms with Crippen LogP contribution >= 0.6 is 23.2 Å². The van der Waals surface area contributed by atoms with Crippen LogP contribution in [0.25, 0.3) is 0 Å². The van der Waals surface area contributed by atoms with E-state index in [0.29, 0.717) is 28.8 Å². The highest BCUT2D eigenvalue weighted by Gasteiger charge is 2.35. The fraction of sp³-hybridized carbons (Fsp3) is 0.400. The van der Waals surface area contributed by atoms with Crippen molar-refractivity contribution in [3.8, 4) is 11.5 Å². The molecule has 4 rings (SSSR count). The maximum absolute atomic E-state index is 13.4. The molecule has 3 N–H and O–H groups in total. The van der Waals surface area contributed by atoms with E-state index in [9.17, 15) is 9.59 Å². The molecule has 2 atom stereocenters. The summed E-state index contributed by atoms with van der Waals surface area (Å²) in [5.41, 5.74) is 0.985. The summed E-state index contributed by atoms with van der Waals surface area (Å²) in [5, 5.41) is 13.6. The van der Waals surface area contributed by atoms with E-state index in [1.54, 1.807) is 19.3 Å². The fourth-order valence-corrected chi connectivity index (χ4v) is 5.25. The summed E-state index contributed by atoms with van der Waals surface area (Å²) in [6.45, 7) is 3.43. The molecular weight excluding hydrogens is 551 g/mol. The monoisotopic (exact) mass is 580 g/mol. The lowest BCUT2D eigenvalue weighted by Gasteiger charge is -2.36. The highest BCUT2D eigenvalue weighted by atomic mass is 35.5. The second kappa shape index (κ2) is 13.3. The Morgan fingerprint density at radius 3 is 2.33 bits per heavy atom. The van der Waals surface area contributed by atoms with Gasteiger partial charge in [-0.05, 0) is 18.9 Å². The van der Waals surface area contributed by atoms with Gasteiger partial charge < -0.3 is 25.2 Å². The molecule has 0 radical (unpaired) electrons. The number of carbonyl (C=O) groups excluding carboxylic acids is 2. The quantitative estimate of drug-likeness (QED) is 0.325. The van der Waals surface area contributed by atoms with Crippen LogP contribution < -0.4 is 29.9 Å². The Morgan fingerprint density at radius 1 is 1.18 bits per heavy atom. The Balaban J connectivity index is 0.00000134. The number of urea groups is 1. The Bertz CT molecular complexity index is 1220. The van der Waals surface area contributed by atoms with E-state index in [1.165, 1.54) is 30.1 Å². The van der Waals surface area contributed by atoms with Crippen molar-refractivity contribution in [2.45, 2.75) is 44.3 Å². The molecular formula is C25H30Cl2N6O6. The van der Waals surface area contributed by atoms with Gasteiger partial charge in [-0.3, -0.25) is 19.4 Å². The van der Waals surface area contributed by atoms with E-state index < -0.39 is 0 Å². The lowest BCUT2D eigenvalue weighted by atomic mass is 9.90. The number of hydrogen-bond donors (Lipinski definition) is 3. The smallest absolute Gasteiger partial charge is 0.330 e. The predicted molar refractivity (Wildman–Crippen MR) is 148 cm³/mol. The number of carboxylic acid groups (broad SMARTS) is 1. The van der Waals surface area contributed by atoms with Crippen molar-refractivity contribution < 1.29 is 29.0 Å². The van der Waals surface area contributed by atoms with E-state index in [2.05, 4.69) is 27.2 Å². The minimum atomic E-state index is -0.375. The van der Waals surface area contributed by atoms with Crippen molar-refractivity contribution in [2.24, 2.45) is 0 Å². The van der Waals surface area contributed by atoms with Gasteiger partial charge in [-0.15, -0.1) is 0 Å². The molecule has 1 fully saturated rings. The van der Waals surface area contributed by atoms with Gasteiger partial charge in [-0.25, -0.2) is 9.78 Å². The lowest BCUT2D eigenvalue weighted by Crippen LogP contribution is -2.48. The number of carbonyl (C=O) groups is 3. The van der Waals surface area contributed by atoms with Gasteiger partial charge in [0.25, 0.3) is 6.47 Å². The molecule has 0 saturated heterocycles. The number of aromatic nitrogens is 2. The molecule has 2 aliphatic rings. The fourth-order valence-electron chi connectivity index (χ4n) is 4.55. The number of benzene rings is 1. The molecule has 1 aromatic heterocycles. The summed E-state index contributed by atoms with van der Waals surface area (Å²) in [5.74, 6) is 1.30. The second-order valence-corrected chi connectivity index (χ2v) is 9.44. The maximum Gasteiger partial charge on any atom is 0.330 e. The SMILES string of the molecule is C=CC(=O)NC1CCCCC1Nc1ncc2c(n1)N(C)C(=O)N(c1c(Cl)c(OC)cc(OC)c1Cl)C2.O=CO. The average Bonchev–Trinajstić information content (AvgIpc) is 2.93. The van der Waals surface area contributed by atoms with Crippen LogP contribution in [0.15, 0.2) is 24.9 Å². The van der Waals surface area contributed by atoms with Crippen LogP contribution in [0, 0.1) is 0 Å². The van der Waals surface area contributed by atoms with Crippen LogP contribution in [0.5, 0.6) is 11.5 Å². The van der Waals surface area contributed by atoms with E-state index >= 15 is 0 Å². The van der Waals surface area contributed by atoms with Gasteiger partial charge in [0, 0.05) is 37.0 Å². The first-order valence-corrected chi connectivity index (χ1v) is 12.7.